The van der Waals surface area contributed by atoms with Crippen molar-refractivity contribution >= 4 is 5.69 Å². The molecule has 3 heteroatoms. The zero-order chi connectivity index (χ0) is 9.84. The van der Waals surface area contributed by atoms with Crippen molar-refractivity contribution in [1.82, 2.24) is 0 Å². The highest BCUT2D eigenvalue weighted by Crippen LogP contribution is 2.22. The SMILES string of the molecule is COc1ccc(N(C)C)c(C#N)c1. The first-order valence-corrected chi connectivity index (χ1v) is 3.94. The van der Waals surface area contributed by atoms with E-state index in [4.69, 9.17) is 10.00 Å². The first-order valence-electron chi connectivity index (χ1n) is 3.94. The molecule has 0 fully saturated rings. The lowest BCUT2D eigenvalue weighted by molar-refractivity contribution is 0.414. The number of nitrogens with zero attached hydrogens (tertiary/aromatic N) is 2. The van der Waals surface area contributed by atoms with Crippen molar-refractivity contribution in [3.05, 3.63) is 23.8 Å². The van der Waals surface area contributed by atoms with Crippen LogP contribution < -0.4 is 9.64 Å². The second-order valence-electron chi connectivity index (χ2n) is 2.89. The quantitative estimate of drug-likeness (QED) is 0.687. The van der Waals surface area contributed by atoms with Crippen LogP contribution in [0, 0.1) is 11.3 Å². The van der Waals surface area contributed by atoms with Gasteiger partial charge in [-0.3, -0.25) is 0 Å². The van der Waals surface area contributed by atoms with Crippen LogP contribution in [0.1, 0.15) is 5.56 Å². The van der Waals surface area contributed by atoms with E-state index < -0.39 is 0 Å². The molecule has 0 N–H and O–H groups in total. The van der Waals surface area contributed by atoms with Gasteiger partial charge in [0.1, 0.15) is 11.8 Å². The maximum Gasteiger partial charge on any atom is 0.120 e. The minimum atomic E-state index is 0.629. The molecule has 0 saturated heterocycles. The summed E-state index contributed by atoms with van der Waals surface area (Å²) in [6.45, 7) is 0. The van der Waals surface area contributed by atoms with E-state index in [1.165, 1.54) is 0 Å². The number of nitriles is 1. The highest BCUT2D eigenvalue weighted by Gasteiger charge is 2.04. The third-order valence-corrected chi connectivity index (χ3v) is 1.81. The maximum atomic E-state index is 8.86. The highest BCUT2D eigenvalue weighted by atomic mass is 16.5. The molecule has 1 aromatic carbocycles. The molecule has 0 aliphatic heterocycles. The van der Waals surface area contributed by atoms with Crippen molar-refractivity contribution in [2.24, 2.45) is 0 Å². The van der Waals surface area contributed by atoms with Crippen LogP contribution in [-0.2, 0) is 0 Å². The van der Waals surface area contributed by atoms with Crippen molar-refractivity contribution in [2.45, 2.75) is 0 Å². The molecule has 0 spiro atoms. The first-order chi connectivity index (χ1) is 6.19. The molecule has 68 valence electrons. The van der Waals surface area contributed by atoms with Gasteiger partial charge in [-0.15, -0.1) is 0 Å². The fourth-order valence-corrected chi connectivity index (χ4v) is 1.12. The Hall–Kier alpha value is -1.69. The second-order valence-corrected chi connectivity index (χ2v) is 2.89. The van der Waals surface area contributed by atoms with Gasteiger partial charge in [-0.25, -0.2) is 0 Å². The van der Waals surface area contributed by atoms with Crippen LogP contribution in [0.25, 0.3) is 0 Å². The van der Waals surface area contributed by atoms with E-state index in [1.54, 1.807) is 13.2 Å². The van der Waals surface area contributed by atoms with E-state index in [2.05, 4.69) is 6.07 Å². The van der Waals surface area contributed by atoms with E-state index >= 15 is 0 Å². The number of hydrogen-bond donors (Lipinski definition) is 0. The Labute approximate surface area is 78.2 Å². The predicted octanol–water partition coefficient (Wildman–Crippen LogP) is 1.63. The van der Waals surface area contributed by atoms with E-state index in [-0.39, 0.29) is 0 Å². The Morgan fingerprint density at radius 2 is 2.08 bits per heavy atom. The van der Waals surface area contributed by atoms with E-state index in [0.29, 0.717) is 11.3 Å². The van der Waals surface area contributed by atoms with Crippen LogP contribution in [0.2, 0.25) is 0 Å². The number of anilines is 1. The lowest BCUT2D eigenvalue weighted by atomic mass is 10.2. The normalized spacial score (nSPS) is 9.08. The minimum absolute atomic E-state index is 0.629. The van der Waals surface area contributed by atoms with Crippen molar-refractivity contribution in [3.8, 4) is 11.8 Å². The molecule has 0 unspecified atom stereocenters. The van der Waals surface area contributed by atoms with Gasteiger partial charge in [0.25, 0.3) is 0 Å². The largest absolute Gasteiger partial charge is 0.497 e. The third-order valence-electron chi connectivity index (χ3n) is 1.81. The van der Waals surface area contributed by atoms with Gasteiger partial charge in [0.2, 0.25) is 0 Å². The molecule has 0 atom stereocenters. The van der Waals surface area contributed by atoms with Gasteiger partial charge in [-0.05, 0) is 18.2 Å². The zero-order valence-electron chi connectivity index (χ0n) is 8.03. The summed E-state index contributed by atoms with van der Waals surface area (Å²) in [6.07, 6.45) is 0. The van der Waals surface area contributed by atoms with Crippen LogP contribution in [0.3, 0.4) is 0 Å². The van der Waals surface area contributed by atoms with Gasteiger partial charge in [-0.1, -0.05) is 0 Å². The Morgan fingerprint density at radius 1 is 1.38 bits per heavy atom. The zero-order valence-corrected chi connectivity index (χ0v) is 8.03. The van der Waals surface area contributed by atoms with Crippen molar-refractivity contribution in [2.75, 3.05) is 26.1 Å². The maximum absolute atomic E-state index is 8.86. The van der Waals surface area contributed by atoms with Gasteiger partial charge in [0.05, 0.1) is 18.4 Å². The lowest BCUT2D eigenvalue weighted by Crippen LogP contribution is -2.10. The molecule has 0 radical (unpaired) electrons. The molecule has 0 saturated carbocycles. The smallest absolute Gasteiger partial charge is 0.120 e. The van der Waals surface area contributed by atoms with Crippen LogP contribution in [0.15, 0.2) is 18.2 Å². The molecular weight excluding hydrogens is 164 g/mol. The summed E-state index contributed by atoms with van der Waals surface area (Å²) in [4.78, 5) is 1.90. The number of methoxy groups -OCH3 is 1. The Kier molecular flexibility index (Phi) is 2.76. The summed E-state index contributed by atoms with van der Waals surface area (Å²) < 4.78 is 5.02. The summed E-state index contributed by atoms with van der Waals surface area (Å²) >= 11 is 0. The molecule has 0 heterocycles. The topological polar surface area (TPSA) is 36.3 Å². The lowest BCUT2D eigenvalue weighted by Gasteiger charge is -2.14. The van der Waals surface area contributed by atoms with Crippen LogP contribution >= 0.6 is 0 Å². The van der Waals surface area contributed by atoms with Crippen molar-refractivity contribution < 1.29 is 4.74 Å². The predicted molar refractivity (Wildman–Crippen MR) is 52.0 cm³/mol. The van der Waals surface area contributed by atoms with Crippen LogP contribution in [0.4, 0.5) is 5.69 Å². The summed E-state index contributed by atoms with van der Waals surface area (Å²) in [5.74, 6) is 0.710. The van der Waals surface area contributed by atoms with Gasteiger partial charge in [0, 0.05) is 14.1 Å². The Balaban J connectivity index is 3.18. The molecular formula is C10H12N2O. The fourth-order valence-electron chi connectivity index (χ4n) is 1.12. The molecule has 0 bridgehead atoms. The fraction of sp³-hybridized carbons (Fsp3) is 0.300. The molecule has 3 nitrogen and oxygen atoms in total. The number of benzene rings is 1. The van der Waals surface area contributed by atoms with Crippen LogP contribution in [0.5, 0.6) is 5.75 Å². The third kappa shape index (κ3) is 1.91. The van der Waals surface area contributed by atoms with Crippen LogP contribution in [-0.4, -0.2) is 21.2 Å². The van der Waals surface area contributed by atoms with Gasteiger partial charge >= 0.3 is 0 Å². The van der Waals surface area contributed by atoms with Gasteiger partial charge < -0.3 is 9.64 Å². The van der Waals surface area contributed by atoms with E-state index in [0.717, 1.165) is 5.69 Å². The standard InChI is InChI=1S/C10H12N2O/c1-12(2)10-5-4-9(13-3)6-8(10)7-11/h4-6H,1-3H3. The number of hydrogen-bond acceptors (Lipinski definition) is 3. The number of ether oxygens (including phenoxy) is 1. The molecule has 0 amide bonds. The van der Waals surface area contributed by atoms with Gasteiger partial charge in [0.15, 0.2) is 0 Å². The summed E-state index contributed by atoms with van der Waals surface area (Å²) in [5.41, 5.74) is 1.53. The summed E-state index contributed by atoms with van der Waals surface area (Å²) in [6, 6.07) is 7.58. The number of rotatable bonds is 2. The van der Waals surface area contributed by atoms with E-state index in [1.807, 2.05) is 31.1 Å². The Morgan fingerprint density at radius 3 is 2.54 bits per heavy atom. The molecule has 1 rings (SSSR count). The summed E-state index contributed by atoms with van der Waals surface area (Å²) in [7, 11) is 5.40. The van der Waals surface area contributed by atoms with Gasteiger partial charge in [-0.2, -0.15) is 5.26 Å². The van der Waals surface area contributed by atoms with Crippen molar-refractivity contribution in [3.63, 3.8) is 0 Å². The summed E-state index contributed by atoms with van der Waals surface area (Å²) in [5, 5.41) is 8.86. The molecule has 0 aromatic heterocycles. The minimum Gasteiger partial charge on any atom is -0.497 e. The first kappa shape index (κ1) is 9.40. The average molecular weight is 176 g/mol. The molecule has 1 aromatic rings. The molecule has 13 heavy (non-hydrogen) atoms. The van der Waals surface area contributed by atoms with E-state index in [9.17, 15) is 0 Å². The van der Waals surface area contributed by atoms with Crippen molar-refractivity contribution in [1.29, 1.82) is 5.26 Å². The molecule has 0 aliphatic rings. The average Bonchev–Trinajstić information content (AvgIpc) is 2.16. The Bertz CT molecular complexity index is 339. The second kappa shape index (κ2) is 3.81. The highest BCUT2D eigenvalue weighted by molar-refractivity contribution is 5.60. The molecule has 0 aliphatic carbocycles. The monoisotopic (exact) mass is 176 g/mol.